The van der Waals surface area contributed by atoms with Crippen LogP contribution in [0.1, 0.15) is 91.9 Å². The Morgan fingerprint density at radius 2 is 1.14 bits per heavy atom. The Hall–Kier alpha value is 0.540. The zero-order chi connectivity index (χ0) is 15.9. The standard InChI is InChI=1S/2C8H15.C3H7N.CH3.Ta/c2*1-2-8-6-4-3-5-7-8;1-3(2)4;;/h2*3,8H,2,4-7H2,1H3;3H,1-2H3;1H3;/q2*-1;;-1;. The van der Waals surface area contributed by atoms with Gasteiger partial charge in [-0.3, -0.25) is 0 Å². The summed E-state index contributed by atoms with van der Waals surface area (Å²) in [6, 6.07) is 0.559. The van der Waals surface area contributed by atoms with Crippen LogP contribution in [0.15, 0.2) is 3.34 Å². The molecule has 0 spiro atoms. The Kier molecular flexibility index (Phi) is 20.2. The molecule has 0 radical (unpaired) electrons. The molecule has 2 rings (SSSR count). The molecule has 0 aromatic heterocycles. The summed E-state index contributed by atoms with van der Waals surface area (Å²) in [6.07, 6.45) is 19.0. The molecule has 0 amide bonds. The molecule has 2 aliphatic rings. The van der Waals surface area contributed by atoms with Gasteiger partial charge in [0.15, 0.2) is 0 Å². The van der Waals surface area contributed by atoms with E-state index in [1.807, 2.05) is 0 Å². The molecule has 2 aliphatic carbocycles. The van der Waals surface area contributed by atoms with Gasteiger partial charge < -0.3 is 20.3 Å². The van der Waals surface area contributed by atoms with E-state index >= 15 is 0 Å². The maximum atomic E-state index is 4.00. The summed E-state index contributed by atoms with van der Waals surface area (Å²) in [4.78, 5) is 0. The zero-order valence-corrected chi connectivity index (χ0v) is 19.1. The van der Waals surface area contributed by atoms with Gasteiger partial charge in [0.1, 0.15) is 0 Å². The summed E-state index contributed by atoms with van der Waals surface area (Å²) in [5.41, 5.74) is 0. The molecule has 22 heavy (non-hydrogen) atoms. The minimum absolute atomic E-state index is 0. The largest absolute Gasteiger partial charge is 0.358 e. The summed E-state index contributed by atoms with van der Waals surface area (Å²) < 4.78 is 4.00. The number of hydrogen-bond acceptors (Lipinski definition) is 1. The molecular formula is C20H40NTa-3. The van der Waals surface area contributed by atoms with E-state index in [0.717, 1.165) is 32.7 Å². The van der Waals surface area contributed by atoms with E-state index in [4.69, 9.17) is 0 Å². The summed E-state index contributed by atoms with van der Waals surface area (Å²) in [7, 11) is 0. The van der Waals surface area contributed by atoms with Crippen LogP contribution in [0.4, 0.5) is 0 Å². The first-order valence-corrected chi connectivity index (χ1v) is 10.5. The van der Waals surface area contributed by atoms with Gasteiger partial charge in [-0.2, -0.15) is 25.7 Å². The van der Waals surface area contributed by atoms with E-state index in [2.05, 4.69) is 43.9 Å². The molecule has 1 nitrogen and oxygen atoms in total. The molecule has 0 heterocycles. The third-order valence-corrected chi connectivity index (χ3v) is 6.16. The van der Waals surface area contributed by atoms with Gasteiger partial charge in [-0.1, -0.05) is 52.4 Å². The minimum atomic E-state index is 0. The topological polar surface area (TPSA) is 12.4 Å². The molecule has 133 valence electrons. The Bertz CT molecular complexity index is 198. The summed E-state index contributed by atoms with van der Waals surface area (Å²) in [5.74, 6) is 2.11. The van der Waals surface area contributed by atoms with Crippen LogP contribution >= 0.6 is 0 Å². The second-order valence-electron chi connectivity index (χ2n) is 6.64. The summed E-state index contributed by atoms with van der Waals surface area (Å²) >= 11 is 1.16. The van der Waals surface area contributed by atoms with E-state index in [0.29, 0.717) is 6.04 Å². The SMILES string of the molecule is CC(C)[N]=[Ta].CCC1CC[CH-]CC1.CCC1CC[CH-]CC1.[CH3-]. The van der Waals surface area contributed by atoms with Gasteiger partial charge in [0.05, 0.1) is 0 Å². The molecule has 2 saturated carbocycles. The third kappa shape index (κ3) is 15.4. The zero-order valence-electron chi connectivity index (χ0n) is 15.9. The van der Waals surface area contributed by atoms with Crippen molar-refractivity contribution in [3.8, 4) is 0 Å². The molecule has 2 fully saturated rings. The van der Waals surface area contributed by atoms with Crippen molar-refractivity contribution < 1.29 is 20.9 Å². The fraction of sp³-hybridized carbons (Fsp3) is 0.850. The van der Waals surface area contributed by atoms with Crippen LogP contribution < -0.4 is 0 Å². The number of hydrogen-bond donors (Lipinski definition) is 0. The van der Waals surface area contributed by atoms with Crippen LogP contribution in [-0.2, 0) is 20.9 Å². The van der Waals surface area contributed by atoms with Crippen molar-refractivity contribution in [1.29, 1.82) is 0 Å². The maximum Gasteiger partial charge on any atom is -0.0465 e. The Morgan fingerprint density at radius 1 is 0.864 bits per heavy atom. The Balaban J connectivity index is 0. The van der Waals surface area contributed by atoms with Gasteiger partial charge in [-0.15, -0.1) is 0 Å². The van der Waals surface area contributed by atoms with Gasteiger partial charge in [0.2, 0.25) is 0 Å². The van der Waals surface area contributed by atoms with Crippen LogP contribution in [0.2, 0.25) is 0 Å². The van der Waals surface area contributed by atoms with Gasteiger partial charge in [-0.05, 0) is 11.8 Å². The van der Waals surface area contributed by atoms with Crippen LogP contribution in [-0.4, -0.2) is 6.04 Å². The van der Waals surface area contributed by atoms with Crippen molar-refractivity contribution >= 4 is 0 Å². The second-order valence-corrected chi connectivity index (χ2v) is 7.47. The van der Waals surface area contributed by atoms with Crippen LogP contribution in [0.3, 0.4) is 0 Å². The molecule has 0 bridgehead atoms. The minimum Gasteiger partial charge on any atom is -0.358 e. The molecule has 0 aliphatic heterocycles. The molecule has 0 aromatic carbocycles. The van der Waals surface area contributed by atoms with Gasteiger partial charge in [0, 0.05) is 0 Å². The van der Waals surface area contributed by atoms with Crippen molar-refractivity contribution in [3.63, 3.8) is 0 Å². The molecular weight excluding hydrogens is 435 g/mol. The first kappa shape index (κ1) is 24.8. The first-order chi connectivity index (χ1) is 10.1. The summed E-state index contributed by atoms with van der Waals surface area (Å²) in [5, 5.41) is 0. The van der Waals surface area contributed by atoms with E-state index in [1.54, 1.807) is 0 Å². The molecule has 2 heteroatoms. The van der Waals surface area contributed by atoms with E-state index in [-0.39, 0.29) is 7.43 Å². The molecule has 0 unspecified atom stereocenters. The average molecular weight is 475 g/mol. The van der Waals surface area contributed by atoms with Crippen molar-refractivity contribution in [3.05, 3.63) is 20.3 Å². The molecule has 0 aromatic rings. The number of nitrogens with zero attached hydrogens (tertiary/aromatic N) is 1. The molecule has 0 saturated heterocycles. The predicted molar refractivity (Wildman–Crippen MR) is 97.1 cm³/mol. The van der Waals surface area contributed by atoms with Crippen molar-refractivity contribution in [2.24, 2.45) is 15.2 Å². The van der Waals surface area contributed by atoms with Crippen molar-refractivity contribution in [1.82, 2.24) is 0 Å². The first-order valence-electron chi connectivity index (χ1n) is 9.11. The normalized spacial score (nSPS) is 19.1. The smallest absolute Gasteiger partial charge is 0.0465 e. The monoisotopic (exact) mass is 475 g/mol. The van der Waals surface area contributed by atoms with Gasteiger partial charge in [-0.25, -0.2) is 0 Å². The quantitative estimate of drug-likeness (QED) is 0.384. The third-order valence-electron chi connectivity index (χ3n) is 4.50. The fourth-order valence-electron chi connectivity index (χ4n) is 2.81. The van der Waals surface area contributed by atoms with Crippen molar-refractivity contribution in [2.45, 2.75) is 97.9 Å². The van der Waals surface area contributed by atoms with Crippen molar-refractivity contribution in [2.75, 3.05) is 0 Å². The van der Waals surface area contributed by atoms with Crippen LogP contribution in [0.25, 0.3) is 0 Å². The Labute approximate surface area is 154 Å². The molecule has 0 atom stereocenters. The maximum absolute atomic E-state index is 4.00. The average Bonchev–Trinajstić information content (AvgIpc) is 2.57. The fourth-order valence-corrected chi connectivity index (χ4v) is 2.81. The Morgan fingerprint density at radius 3 is 1.27 bits per heavy atom. The summed E-state index contributed by atoms with van der Waals surface area (Å²) in [6.45, 7) is 8.77. The number of rotatable bonds is 3. The van der Waals surface area contributed by atoms with Crippen LogP contribution in [0.5, 0.6) is 0 Å². The second kappa shape index (κ2) is 17.9. The van der Waals surface area contributed by atoms with Gasteiger partial charge >= 0.3 is 44.1 Å². The van der Waals surface area contributed by atoms with E-state index in [1.165, 1.54) is 64.2 Å². The van der Waals surface area contributed by atoms with E-state index < -0.39 is 0 Å². The van der Waals surface area contributed by atoms with E-state index in [9.17, 15) is 0 Å². The predicted octanol–water partition coefficient (Wildman–Crippen LogP) is 7.16. The van der Waals surface area contributed by atoms with Gasteiger partial charge in [0.25, 0.3) is 0 Å². The molecule has 0 N–H and O–H groups in total. The van der Waals surface area contributed by atoms with Crippen LogP contribution in [0, 0.1) is 32.1 Å².